The van der Waals surface area contributed by atoms with Crippen molar-refractivity contribution in [3.8, 4) is 0 Å². The van der Waals surface area contributed by atoms with Crippen molar-refractivity contribution < 1.29 is 51.4 Å². The van der Waals surface area contributed by atoms with Crippen LogP contribution in [0, 0.1) is 23.7 Å². The van der Waals surface area contributed by atoms with E-state index in [0.29, 0.717) is 36.5 Å². The number of ether oxygens (including phenoxy) is 3. The minimum Gasteiger partial charge on any atom is -0.469 e. The molecule has 4 saturated heterocycles. The number of hydrogen-bond donors (Lipinski definition) is 2. The zero-order chi connectivity index (χ0) is 41.6. The third-order valence-corrected chi connectivity index (χ3v) is 12.0. The molecular weight excluding hydrogens is 772 g/mol. The van der Waals surface area contributed by atoms with Gasteiger partial charge in [0.15, 0.2) is 6.10 Å². The van der Waals surface area contributed by atoms with Gasteiger partial charge >= 0.3 is 18.1 Å². The van der Waals surface area contributed by atoms with Gasteiger partial charge in [-0.05, 0) is 50.6 Å². The Morgan fingerprint density at radius 2 is 1.72 bits per heavy atom. The molecule has 314 valence electrons. The van der Waals surface area contributed by atoms with Crippen LogP contribution in [0.5, 0.6) is 0 Å². The standard InChI is InChI=1S/C38H52F3N7O8S/c1-20(2)28(47(5)36(52)32(24-17-55-18-24)46-34(51)29-12-23-7-9-48(29)10-8-23)14-30(56-22(4)49)35-45-27(19-57-35)33(50)44-26(11-21(3)37(53)54-6)13-31-42-15-25(16-43-31)38(39,40)41/h15-16,19-21,23-24,26,28-30,32H,7-14,17-18H2,1-6H3,(H,44,50)(H,46,51)/t21-,26+,28+,29+,30+,32-/m0/s1. The molecule has 0 saturated carbocycles. The number of fused-ring (bicyclic) bond motifs is 3. The van der Waals surface area contributed by atoms with Gasteiger partial charge in [0.1, 0.15) is 22.6 Å². The quantitative estimate of drug-likeness (QED) is 0.222. The Balaban J connectivity index is 1.30. The molecule has 2 bridgehead atoms. The molecular formula is C38H52F3N7O8S. The van der Waals surface area contributed by atoms with E-state index in [1.54, 1.807) is 18.9 Å². The number of rotatable bonds is 17. The summed E-state index contributed by atoms with van der Waals surface area (Å²) in [5, 5.41) is 7.64. The minimum atomic E-state index is -4.63. The molecule has 6 atom stereocenters. The van der Waals surface area contributed by atoms with Gasteiger partial charge in [-0.2, -0.15) is 13.2 Å². The Hall–Kier alpha value is -4.23. The van der Waals surface area contributed by atoms with Crippen LogP contribution in [0.1, 0.15) is 92.8 Å². The van der Waals surface area contributed by atoms with Gasteiger partial charge in [-0.3, -0.25) is 28.9 Å². The predicted octanol–water partition coefficient (Wildman–Crippen LogP) is 3.59. The number of carbonyl (C=O) groups excluding carboxylic acids is 5. The van der Waals surface area contributed by atoms with E-state index >= 15 is 0 Å². The molecule has 15 nitrogen and oxygen atoms in total. The second-order valence-corrected chi connectivity index (χ2v) is 16.5. The van der Waals surface area contributed by atoms with Gasteiger partial charge in [-0.25, -0.2) is 15.0 Å². The number of hydrogen-bond acceptors (Lipinski definition) is 13. The number of aromatic nitrogens is 3. The van der Waals surface area contributed by atoms with Crippen LogP contribution in [-0.2, 0) is 46.0 Å². The van der Waals surface area contributed by atoms with Crippen molar-refractivity contribution in [1.82, 2.24) is 35.4 Å². The van der Waals surface area contributed by atoms with Gasteiger partial charge < -0.3 is 29.7 Å². The average Bonchev–Trinajstić information content (AvgIpc) is 3.65. The highest BCUT2D eigenvalue weighted by Crippen LogP contribution is 2.34. The maximum Gasteiger partial charge on any atom is 0.419 e. The number of amides is 3. The summed E-state index contributed by atoms with van der Waals surface area (Å²) < 4.78 is 55.3. The van der Waals surface area contributed by atoms with Gasteiger partial charge in [-0.1, -0.05) is 20.8 Å². The van der Waals surface area contributed by atoms with E-state index in [4.69, 9.17) is 14.2 Å². The highest BCUT2D eigenvalue weighted by molar-refractivity contribution is 7.09. The first-order valence-corrected chi connectivity index (χ1v) is 20.1. The summed E-state index contributed by atoms with van der Waals surface area (Å²) in [7, 11) is 2.89. The number of piperidine rings is 3. The van der Waals surface area contributed by atoms with Crippen molar-refractivity contribution in [3.63, 3.8) is 0 Å². The first-order valence-electron chi connectivity index (χ1n) is 19.2. The molecule has 6 heterocycles. The number of likely N-dealkylation sites (N-methyl/N-ethyl adjacent to an activating group) is 1. The van der Waals surface area contributed by atoms with Crippen LogP contribution in [0.4, 0.5) is 13.2 Å². The van der Waals surface area contributed by atoms with Crippen LogP contribution >= 0.6 is 11.3 Å². The van der Waals surface area contributed by atoms with Crippen LogP contribution in [0.3, 0.4) is 0 Å². The normalized spacial score (nSPS) is 22.0. The Bertz CT molecular complexity index is 1730. The molecule has 4 aliphatic heterocycles. The zero-order valence-corrected chi connectivity index (χ0v) is 33.9. The SMILES string of the molecule is COC(=O)[C@@H](C)C[C@H](Cc1ncc(C(F)(F)F)cn1)NC(=O)c1csc([C@@H](C[C@H](C(C)C)N(C)C(=O)[C@@H](NC(=O)[C@H]2CC3CCN2CC3)C2COC2)OC(C)=O)n1. The summed E-state index contributed by atoms with van der Waals surface area (Å²) >= 11 is 1.08. The second kappa shape index (κ2) is 19.0. The summed E-state index contributed by atoms with van der Waals surface area (Å²) in [6.45, 7) is 9.12. The molecule has 0 aliphatic carbocycles. The van der Waals surface area contributed by atoms with Gasteiger partial charge in [0.2, 0.25) is 11.8 Å². The first kappa shape index (κ1) is 43.9. The molecule has 19 heteroatoms. The van der Waals surface area contributed by atoms with E-state index in [1.807, 2.05) is 13.8 Å². The highest BCUT2D eigenvalue weighted by Gasteiger charge is 2.43. The molecule has 2 aromatic rings. The monoisotopic (exact) mass is 823 g/mol. The van der Waals surface area contributed by atoms with Crippen LogP contribution in [0.2, 0.25) is 0 Å². The van der Waals surface area contributed by atoms with Crippen LogP contribution < -0.4 is 10.6 Å². The smallest absolute Gasteiger partial charge is 0.419 e. The fraction of sp³-hybridized carbons (Fsp3) is 0.684. The van der Waals surface area contributed by atoms with Crippen molar-refractivity contribution in [3.05, 3.63) is 39.9 Å². The largest absolute Gasteiger partial charge is 0.469 e. The lowest BCUT2D eigenvalue weighted by Gasteiger charge is -2.45. The predicted molar refractivity (Wildman–Crippen MR) is 199 cm³/mol. The maximum absolute atomic E-state index is 14.2. The summed E-state index contributed by atoms with van der Waals surface area (Å²) in [6.07, 6.45) is -1.24. The van der Waals surface area contributed by atoms with Crippen LogP contribution in [-0.4, -0.2) is 119 Å². The zero-order valence-electron chi connectivity index (χ0n) is 33.0. The molecule has 2 N–H and O–H groups in total. The van der Waals surface area contributed by atoms with E-state index in [9.17, 15) is 37.1 Å². The molecule has 0 aromatic carbocycles. The van der Waals surface area contributed by atoms with Crippen LogP contribution in [0.15, 0.2) is 17.8 Å². The Morgan fingerprint density at radius 1 is 1.05 bits per heavy atom. The average molecular weight is 824 g/mol. The molecule has 0 radical (unpaired) electrons. The summed E-state index contributed by atoms with van der Waals surface area (Å²) in [4.78, 5) is 82.0. The molecule has 57 heavy (non-hydrogen) atoms. The van der Waals surface area contributed by atoms with E-state index in [2.05, 4.69) is 30.5 Å². The lowest BCUT2D eigenvalue weighted by atomic mass is 9.82. The first-order chi connectivity index (χ1) is 26.9. The lowest BCUT2D eigenvalue weighted by Crippen LogP contribution is -2.62. The number of nitrogens with zero attached hydrogens (tertiary/aromatic N) is 5. The molecule has 6 rings (SSSR count). The van der Waals surface area contributed by atoms with Gasteiger partial charge in [0.05, 0.1) is 37.8 Å². The highest BCUT2D eigenvalue weighted by atomic mass is 32.1. The molecule has 0 spiro atoms. The molecule has 2 aromatic heterocycles. The number of carbonyl (C=O) groups is 5. The minimum absolute atomic E-state index is 0.0167. The van der Waals surface area contributed by atoms with Gasteiger partial charge in [0, 0.05) is 62.6 Å². The lowest BCUT2D eigenvalue weighted by molar-refractivity contribution is -0.151. The van der Waals surface area contributed by atoms with E-state index in [-0.39, 0.29) is 60.5 Å². The van der Waals surface area contributed by atoms with E-state index in [1.165, 1.54) is 19.4 Å². The summed E-state index contributed by atoms with van der Waals surface area (Å²) in [5.74, 6) is -2.71. The van der Waals surface area contributed by atoms with E-state index < -0.39 is 59.7 Å². The number of alkyl halides is 3. The number of nitrogens with one attached hydrogen (secondary N) is 2. The fourth-order valence-electron chi connectivity index (χ4n) is 7.74. The number of esters is 2. The summed E-state index contributed by atoms with van der Waals surface area (Å²) in [6, 6.07) is -2.35. The van der Waals surface area contributed by atoms with Gasteiger partial charge in [0.25, 0.3) is 5.91 Å². The second-order valence-electron chi connectivity index (χ2n) is 15.6. The Labute approximate surface area is 333 Å². The molecule has 4 aliphatic rings. The number of thiazole rings is 1. The Kier molecular flexibility index (Phi) is 14.6. The van der Waals surface area contributed by atoms with Crippen molar-refractivity contribution in [1.29, 1.82) is 0 Å². The van der Waals surface area contributed by atoms with Crippen LogP contribution in [0.25, 0.3) is 0 Å². The maximum atomic E-state index is 14.2. The van der Waals surface area contributed by atoms with Crippen molar-refractivity contribution in [2.24, 2.45) is 23.7 Å². The number of methoxy groups -OCH3 is 1. The molecule has 0 unspecified atom stereocenters. The Morgan fingerprint density at radius 3 is 2.25 bits per heavy atom. The topological polar surface area (TPSA) is 182 Å². The van der Waals surface area contributed by atoms with Crippen molar-refractivity contribution in [2.45, 2.75) is 103 Å². The fourth-order valence-corrected chi connectivity index (χ4v) is 8.58. The molecule has 4 fully saturated rings. The van der Waals surface area contributed by atoms with Crippen molar-refractivity contribution >= 4 is 41.0 Å². The number of halogens is 3. The third-order valence-electron chi connectivity index (χ3n) is 11.1. The van der Waals surface area contributed by atoms with Gasteiger partial charge in [-0.15, -0.1) is 11.3 Å². The van der Waals surface area contributed by atoms with Crippen molar-refractivity contribution in [2.75, 3.05) is 40.5 Å². The summed E-state index contributed by atoms with van der Waals surface area (Å²) in [5.41, 5.74) is -1.05. The third kappa shape index (κ3) is 11.2. The molecule has 3 amide bonds. The van der Waals surface area contributed by atoms with E-state index in [0.717, 1.165) is 43.7 Å².